The fourth-order valence-electron chi connectivity index (χ4n) is 3.00. The Balaban J connectivity index is 1.78. The Labute approximate surface area is 195 Å². The van der Waals surface area contributed by atoms with E-state index in [1.54, 1.807) is 37.3 Å². The number of nitro groups is 1. The average molecular weight is 461 g/mol. The second kappa shape index (κ2) is 11.2. The fraction of sp³-hybridized carbons (Fsp3) is 0.120. The van der Waals surface area contributed by atoms with Gasteiger partial charge in [-0.05, 0) is 54.5 Å². The summed E-state index contributed by atoms with van der Waals surface area (Å²) in [7, 11) is 0. The Hall–Kier alpha value is -4.71. The van der Waals surface area contributed by atoms with Crippen molar-refractivity contribution < 1.29 is 23.6 Å². The second-order valence-electron chi connectivity index (χ2n) is 6.99. The van der Waals surface area contributed by atoms with Gasteiger partial charge in [-0.3, -0.25) is 14.9 Å². The highest BCUT2D eigenvalue weighted by Crippen LogP contribution is 2.30. The summed E-state index contributed by atoms with van der Waals surface area (Å²) >= 11 is 0. The third kappa shape index (κ3) is 6.40. The standard InChI is InChI=1S/C25H20FN3O5/c1-2-33-24-13-17(9-10-23(24)34-16-18-5-3-6-20(26)12-18)11-19(15-27)25(30)28-21-7-4-8-22(14-21)29(31)32/h3-14H,2,16H2,1H3,(H,28,30)/b19-11+. The Morgan fingerprint density at radius 3 is 2.62 bits per heavy atom. The van der Waals surface area contributed by atoms with Crippen LogP contribution in [0.1, 0.15) is 18.1 Å². The molecule has 0 saturated carbocycles. The number of non-ortho nitro benzene ring substituents is 1. The lowest BCUT2D eigenvalue weighted by molar-refractivity contribution is -0.384. The van der Waals surface area contributed by atoms with E-state index in [0.29, 0.717) is 29.2 Å². The molecule has 0 unspecified atom stereocenters. The molecule has 3 aromatic rings. The number of halogens is 1. The monoisotopic (exact) mass is 461 g/mol. The molecule has 34 heavy (non-hydrogen) atoms. The molecule has 0 radical (unpaired) electrons. The van der Waals surface area contributed by atoms with E-state index in [2.05, 4.69) is 5.32 Å². The molecule has 1 amide bonds. The van der Waals surface area contributed by atoms with Crippen LogP contribution in [0.5, 0.6) is 11.5 Å². The molecule has 0 fully saturated rings. The number of carbonyl (C=O) groups is 1. The van der Waals surface area contributed by atoms with Gasteiger partial charge in [0.1, 0.15) is 24.1 Å². The Kier molecular flexibility index (Phi) is 7.92. The predicted octanol–water partition coefficient (Wildman–Crippen LogP) is 5.26. The zero-order valence-corrected chi connectivity index (χ0v) is 18.2. The SMILES string of the molecule is CCOc1cc(/C=C(\C#N)C(=O)Nc2cccc([N+](=O)[O-])c2)ccc1OCc1cccc(F)c1. The number of nitriles is 1. The van der Waals surface area contributed by atoms with Gasteiger partial charge in [0.2, 0.25) is 0 Å². The summed E-state index contributed by atoms with van der Waals surface area (Å²) in [6, 6.07) is 18.2. The number of nitrogens with zero attached hydrogens (tertiary/aromatic N) is 2. The molecule has 0 saturated heterocycles. The van der Waals surface area contributed by atoms with Crippen LogP contribution in [0.25, 0.3) is 6.08 Å². The topological polar surface area (TPSA) is 114 Å². The molecule has 0 atom stereocenters. The first-order valence-electron chi connectivity index (χ1n) is 10.2. The lowest BCUT2D eigenvalue weighted by Crippen LogP contribution is -2.13. The molecule has 8 nitrogen and oxygen atoms in total. The van der Waals surface area contributed by atoms with E-state index in [9.17, 15) is 24.6 Å². The number of anilines is 1. The van der Waals surface area contributed by atoms with Crippen molar-refractivity contribution in [1.29, 1.82) is 5.26 Å². The molecular weight excluding hydrogens is 441 g/mol. The highest BCUT2D eigenvalue weighted by molar-refractivity contribution is 6.09. The summed E-state index contributed by atoms with van der Waals surface area (Å²) in [5, 5.41) is 22.9. The van der Waals surface area contributed by atoms with Crippen LogP contribution in [-0.4, -0.2) is 17.4 Å². The van der Waals surface area contributed by atoms with Crippen molar-refractivity contribution >= 4 is 23.4 Å². The molecule has 0 spiro atoms. The van der Waals surface area contributed by atoms with Crippen molar-refractivity contribution in [3.8, 4) is 17.6 Å². The van der Waals surface area contributed by atoms with Crippen molar-refractivity contribution in [2.45, 2.75) is 13.5 Å². The van der Waals surface area contributed by atoms with Gasteiger partial charge in [-0.1, -0.05) is 24.3 Å². The number of hydrogen-bond donors (Lipinski definition) is 1. The van der Waals surface area contributed by atoms with Crippen molar-refractivity contribution in [2.24, 2.45) is 0 Å². The molecule has 0 aliphatic heterocycles. The predicted molar refractivity (Wildman–Crippen MR) is 124 cm³/mol. The molecule has 172 valence electrons. The summed E-state index contributed by atoms with van der Waals surface area (Å²) in [5.41, 5.74) is 0.956. The van der Waals surface area contributed by atoms with Gasteiger partial charge in [-0.2, -0.15) is 5.26 Å². The van der Waals surface area contributed by atoms with Crippen LogP contribution in [0.4, 0.5) is 15.8 Å². The number of hydrogen-bond acceptors (Lipinski definition) is 6. The van der Waals surface area contributed by atoms with Crippen LogP contribution in [0, 0.1) is 27.3 Å². The van der Waals surface area contributed by atoms with Crippen LogP contribution in [-0.2, 0) is 11.4 Å². The Bertz CT molecular complexity index is 1280. The minimum atomic E-state index is -0.715. The number of benzene rings is 3. The zero-order chi connectivity index (χ0) is 24.5. The average Bonchev–Trinajstić information content (AvgIpc) is 2.82. The van der Waals surface area contributed by atoms with Crippen molar-refractivity contribution in [3.63, 3.8) is 0 Å². The minimum Gasteiger partial charge on any atom is -0.490 e. The van der Waals surface area contributed by atoms with Crippen molar-refractivity contribution in [2.75, 3.05) is 11.9 Å². The molecular formula is C25H20FN3O5. The molecule has 3 aromatic carbocycles. The minimum absolute atomic E-state index is 0.127. The molecule has 0 aliphatic carbocycles. The largest absolute Gasteiger partial charge is 0.490 e. The Morgan fingerprint density at radius 1 is 1.12 bits per heavy atom. The first-order valence-corrected chi connectivity index (χ1v) is 10.2. The Morgan fingerprint density at radius 2 is 1.91 bits per heavy atom. The first-order chi connectivity index (χ1) is 16.4. The maximum atomic E-state index is 13.4. The highest BCUT2D eigenvalue weighted by Gasteiger charge is 2.13. The summed E-state index contributed by atoms with van der Waals surface area (Å²) in [5.74, 6) is -0.265. The molecule has 1 N–H and O–H groups in total. The number of nitro benzene ring substituents is 1. The van der Waals surface area contributed by atoms with E-state index < -0.39 is 10.8 Å². The van der Waals surface area contributed by atoms with Gasteiger partial charge in [0.25, 0.3) is 11.6 Å². The molecule has 3 rings (SSSR count). The number of nitrogens with one attached hydrogen (secondary N) is 1. The molecule has 0 heterocycles. The zero-order valence-electron chi connectivity index (χ0n) is 18.2. The van der Waals surface area contributed by atoms with Crippen molar-refractivity contribution in [3.05, 3.63) is 99.4 Å². The first kappa shape index (κ1) is 23.9. The van der Waals surface area contributed by atoms with E-state index in [1.807, 2.05) is 6.07 Å². The lowest BCUT2D eigenvalue weighted by atomic mass is 10.1. The number of amides is 1. The maximum absolute atomic E-state index is 13.4. The molecule has 0 aliphatic rings. The number of rotatable bonds is 9. The highest BCUT2D eigenvalue weighted by atomic mass is 19.1. The van der Waals surface area contributed by atoms with Gasteiger partial charge in [-0.25, -0.2) is 4.39 Å². The molecule has 0 aromatic heterocycles. The summed E-state index contributed by atoms with van der Waals surface area (Å²) in [6.45, 7) is 2.27. The molecule has 0 bridgehead atoms. The van der Waals surface area contributed by atoms with Gasteiger partial charge in [0.05, 0.1) is 11.5 Å². The van der Waals surface area contributed by atoms with Crippen LogP contribution in [0.15, 0.2) is 72.3 Å². The van der Waals surface area contributed by atoms with Crippen LogP contribution >= 0.6 is 0 Å². The van der Waals surface area contributed by atoms with Gasteiger partial charge >= 0.3 is 0 Å². The lowest BCUT2D eigenvalue weighted by Gasteiger charge is -2.13. The number of ether oxygens (including phenoxy) is 2. The summed E-state index contributed by atoms with van der Waals surface area (Å²) in [4.78, 5) is 22.9. The smallest absolute Gasteiger partial charge is 0.271 e. The van der Waals surface area contributed by atoms with E-state index in [1.165, 1.54) is 42.5 Å². The summed E-state index contributed by atoms with van der Waals surface area (Å²) in [6.07, 6.45) is 1.37. The maximum Gasteiger partial charge on any atom is 0.271 e. The molecule has 9 heteroatoms. The van der Waals surface area contributed by atoms with E-state index in [0.717, 1.165) is 0 Å². The van der Waals surface area contributed by atoms with E-state index >= 15 is 0 Å². The van der Waals surface area contributed by atoms with Gasteiger partial charge in [0.15, 0.2) is 11.5 Å². The van der Waals surface area contributed by atoms with Gasteiger partial charge < -0.3 is 14.8 Å². The second-order valence-corrected chi connectivity index (χ2v) is 6.99. The van der Waals surface area contributed by atoms with E-state index in [4.69, 9.17) is 9.47 Å². The number of carbonyl (C=O) groups excluding carboxylic acids is 1. The van der Waals surface area contributed by atoms with Crippen molar-refractivity contribution in [1.82, 2.24) is 0 Å². The van der Waals surface area contributed by atoms with Crippen LogP contribution < -0.4 is 14.8 Å². The normalized spacial score (nSPS) is 10.8. The van der Waals surface area contributed by atoms with Gasteiger partial charge in [0, 0.05) is 17.8 Å². The summed E-state index contributed by atoms with van der Waals surface area (Å²) < 4.78 is 24.8. The third-order valence-corrected chi connectivity index (χ3v) is 4.54. The fourth-order valence-corrected chi connectivity index (χ4v) is 3.00. The third-order valence-electron chi connectivity index (χ3n) is 4.54. The quantitative estimate of drug-likeness (QED) is 0.201. The van der Waals surface area contributed by atoms with E-state index in [-0.39, 0.29) is 29.4 Å². The van der Waals surface area contributed by atoms with Crippen LogP contribution in [0.3, 0.4) is 0 Å². The van der Waals surface area contributed by atoms with Gasteiger partial charge in [-0.15, -0.1) is 0 Å². The van der Waals surface area contributed by atoms with Crippen LogP contribution in [0.2, 0.25) is 0 Å².